The first-order chi connectivity index (χ1) is 58.0. The van der Waals surface area contributed by atoms with Crippen LogP contribution in [0.4, 0.5) is 0 Å². The van der Waals surface area contributed by atoms with Crippen molar-refractivity contribution in [3.05, 3.63) is 65.7 Å². The van der Waals surface area contributed by atoms with Crippen molar-refractivity contribution < 1.29 is 147 Å². The van der Waals surface area contributed by atoms with Crippen molar-refractivity contribution in [2.45, 2.75) is 222 Å². The maximum absolute atomic E-state index is 14.5. The number of phenols is 1. The van der Waals surface area contributed by atoms with Crippen molar-refractivity contribution in [1.82, 2.24) is 85.1 Å². The molecule has 17 atom stereocenters. The summed E-state index contributed by atoms with van der Waals surface area (Å²) in [5, 5.41) is 126. The molecule has 0 saturated heterocycles. The Morgan fingerprint density at radius 2 is 0.750 bits per heavy atom. The van der Waals surface area contributed by atoms with Crippen molar-refractivity contribution in [3.8, 4) is 5.75 Å². The Labute approximate surface area is 715 Å². The number of thiol groups is 1. The van der Waals surface area contributed by atoms with Crippen molar-refractivity contribution in [2.75, 3.05) is 32.1 Å². The van der Waals surface area contributed by atoms with E-state index in [0.717, 1.165) is 20.8 Å². The minimum absolute atomic E-state index is 0.232. The van der Waals surface area contributed by atoms with Gasteiger partial charge in [-0.1, -0.05) is 70.2 Å². The number of hydrogen-bond donors (Lipinski definition) is 28. The van der Waals surface area contributed by atoms with Gasteiger partial charge in [-0.25, -0.2) is 0 Å². The van der Waals surface area contributed by atoms with Gasteiger partial charge in [0.1, 0.15) is 90.3 Å². The molecule has 0 aliphatic rings. The van der Waals surface area contributed by atoms with Gasteiger partial charge in [-0.15, -0.1) is 0 Å². The SMILES string of the molecule is CC(C)C[C@H](NC(=O)[C@H](Cc1ccc(O)cc1)NC(=O)[C@H](CO)NC(=O)[C@H](CO)NC(=O)[C@@H](NC(=O)[C@H](CC(=O)O)NC(=O)[C@H](CS)NC(=O)[C@@H](NC(=O)[C@H](Cc1ccccc1)NC(=O)[C@@H](NC(=O)CNC(=O)[C@@H](N)CCC(=O)O)[C@@H](C)O)[C@@H](C)O)C(C)C)C(=O)N[C@@H](CCC(=O)O)C(=O)NCC(=O)N[C@@H](CCC(N)=O)C(=O)N[C@@H](C)C(=O)N[C@@H](C)C(=O)O. The summed E-state index contributed by atoms with van der Waals surface area (Å²) < 4.78 is 0. The molecule has 0 aliphatic heterocycles. The average Bonchev–Trinajstić information content (AvgIpc) is 0.852. The van der Waals surface area contributed by atoms with Gasteiger partial charge in [0.05, 0.1) is 51.0 Å². The Kier molecular flexibility index (Phi) is 46.7. The predicted molar refractivity (Wildman–Crippen MR) is 432 cm³/mol. The van der Waals surface area contributed by atoms with Crippen LogP contribution >= 0.6 is 12.6 Å². The Morgan fingerprint density at radius 1 is 0.371 bits per heavy atom. The van der Waals surface area contributed by atoms with E-state index in [4.69, 9.17) is 21.7 Å². The van der Waals surface area contributed by atoms with E-state index in [1.54, 1.807) is 32.0 Å². The predicted octanol–water partition coefficient (Wildman–Crippen LogP) is -10.5. The molecule has 48 nitrogen and oxygen atoms in total. The molecule has 124 heavy (non-hydrogen) atoms. The van der Waals surface area contributed by atoms with Gasteiger partial charge in [-0.2, -0.15) is 12.6 Å². The number of nitrogens with one attached hydrogen (secondary N) is 16. The molecule has 2 aromatic carbocycles. The number of rotatable bonds is 56. The highest BCUT2D eigenvalue weighted by atomic mass is 32.1. The molecule has 0 heterocycles. The second-order valence-corrected chi connectivity index (χ2v) is 29.8. The molecule has 0 spiro atoms. The Bertz CT molecular complexity index is 4090. The molecule has 2 rings (SSSR count). The van der Waals surface area contributed by atoms with E-state index in [1.807, 2.05) is 0 Å². The number of carbonyl (C=O) groups is 21. The van der Waals surface area contributed by atoms with Gasteiger partial charge in [0, 0.05) is 37.9 Å². The summed E-state index contributed by atoms with van der Waals surface area (Å²) in [6.45, 7) is 6.06. The molecule has 0 fully saturated rings. The number of benzene rings is 2. The second-order valence-electron chi connectivity index (χ2n) is 29.4. The number of carbonyl (C=O) groups excluding carboxylic acids is 17. The largest absolute Gasteiger partial charge is 0.508 e. The Balaban J connectivity index is 2.38. The molecule has 0 unspecified atom stereocenters. The molecule has 17 amide bonds. The maximum atomic E-state index is 14.5. The molecule has 0 radical (unpaired) electrons. The van der Waals surface area contributed by atoms with E-state index in [1.165, 1.54) is 57.2 Å². The zero-order chi connectivity index (χ0) is 94.1. The number of aliphatic carboxylic acids is 4. The fourth-order valence-electron chi connectivity index (χ4n) is 11.1. The number of carboxylic acid groups (broad SMARTS) is 4. The zero-order valence-corrected chi connectivity index (χ0v) is 69.9. The topological polar surface area (TPSA) is 785 Å². The molecule has 2 aromatic rings. The van der Waals surface area contributed by atoms with Gasteiger partial charge in [-0.3, -0.25) is 101 Å². The summed E-state index contributed by atoms with van der Waals surface area (Å²) in [5.41, 5.74) is 11.6. The van der Waals surface area contributed by atoms with Crippen LogP contribution in [0.1, 0.15) is 118 Å². The number of aliphatic hydroxyl groups is 4. The minimum atomic E-state index is -2.11. The Morgan fingerprint density at radius 3 is 1.24 bits per heavy atom. The molecular weight excluding hydrogens is 1660 g/mol. The van der Waals surface area contributed by atoms with E-state index < -0.39 is 316 Å². The normalized spacial score (nSPS) is 15.2. The van der Waals surface area contributed by atoms with E-state index in [0.29, 0.717) is 5.56 Å². The van der Waals surface area contributed by atoms with Gasteiger partial charge in [0.25, 0.3) is 0 Å². The molecule has 29 N–H and O–H groups in total. The van der Waals surface area contributed by atoms with Crippen LogP contribution in [0.2, 0.25) is 0 Å². The number of carboxylic acids is 4. The average molecular weight is 1780 g/mol. The lowest BCUT2D eigenvalue weighted by atomic mass is 10.00. The van der Waals surface area contributed by atoms with Crippen LogP contribution in [-0.4, -0.2) is 305 Å². The van der Waals surface area contributed by atoms with E-state index in [9.17, 15) is 136 Å². The molecule has 49 heteroatoms. The van der Waals surface area contributed by atoms with Crippen LogP contribution in [-0.2, 0) is 114 Å². The van der Waals surface area contributed by atoms with Crippen LogP contribution in [0.3, 0.4) is 0 Å². The molecule has 0 saturated carbocycles. The zero-order valence-electron chi connectivity index (χ0n) is 69.0. The fourth-order valence-corrected chi connectivity index (χ4v) is 11.4. The number of hydrogen-bond acceptors (Lipinski definition) is 28. The lowest BCUT2D eigenvalue weighted by Crippen LogP contribution is -2.63. The number of aliphatic hydroxyl groups excluding tert-OH is 4. The Hall–Kier alpha value is -12.7. The first-order valence-electron chi connectivity index (χ1n) is 38.7. The second kappa shape index (κ2) is 53.9. The summed E-state index contributed by atoms with van der Waals surface area (Å²) in [5.74, 6) is -27.9. The van der Waals surface area contributed by atoms with Crippen molar-refractivity contribution >= 4 is 137 Å². The van der Waals surface area contributed by atoms with Crippen molar-refractivity contribution in [3.63, 3.8) is 0 Å². The summed E-state index contributed by atoms with van der Waals surface area (Å²) in [6, 6.07) is -13.3. The summed E-state index contributed by atoms with van der Waals surface area (Å²) in [7, 11) is 0. The maximum Gasteiger partial charge on any atom is 0.325 e. The number of aromatic hydroxyl groups is 1. The van der Waals surface area contributed by atoms with Crippen LogP contribution in [0.5, 0.6) is 5.75 Å². The lowest BCUT2D eigenvalue weighted by Gasteiger charge is -2.29. The number of nitrogens with two attached hydrogens (primary N) is 2. The first-order valence-corrected chi connectivity index (χ1v) is 39.4. The summed E-state index contributed by atoms with van der Waals surface area (Å²) in [6.07, 6.45) is -8.84. The van der Waals surface area contributed by atoms with Gasteiger partial charge in [0.2, 0.25) is 100 Å². The van der Waals surface area contributed by atoms with Crippen LogP contribution in [0, 0.1) is 11.8 Å². The fraction of sp³-hybridized carbons (Fsp3) is 0.560. The highest BCUT2D eigenvalue weighted by Crippen LogP contribution is 2.16. The molecule has 0 aliphatic carbocycles. The lowest BCUT2D eigenvalue weighted by molar-refractivity contribution is -0.142. The number of primary amides is 1. The highest BCUT2D eigenvalue weighted by molar-refractivity contribution is 7.80. The quantitative estimate of drug-likeness (QED) is 0.0274. The number of phenolic OH excluding ortho intramolecular Hbond substituents is 1. The summed E-state index contributed by atoms with van der Waals surface area (Å²) in [4.78, 5) is 277. The standard InChI is InChI=1S/C75H112N18O30S/c1-33(2)24-45(65(112)83-43(20-23-56(104)105)63(110)79-28-53(100)82-44(19-21-52(77)99)64(111)80-35(5)61(108)81-36(6)75(122)123)84-66(113)46(26-40-14-16-41(98)17-15-40)85-69(116)49(30-94)88-70(117)50(31-95)89-72(119)58(34(3)4)92-68(115)48(27-57(106)107)86-71(118)51(32-124)90-74(121)60(38(8)97)93-67(114)47(25-39-12-10-9-11-13-39)87-73(120)59(37(7)96)91-54(101)29-78-62(109)42(76)18-22-55(102)103/h9-17,33-38,42-51,58-60,94-98,124H,18-32,76H2,1-8H3,(H2,77,99)(H,78,109)(H,79,110)(H,80,111)(H,81,108)(H,82,100)(H,83,112)(H,84,113)(H,85,116)(H,86,118)(H,87,120)(H,88,117)(H,89,119)(H,90,121)(H,91,101)(H,92,115)(H,93,114)(H,102,103)(H,104,105)(H,106,107)(H,122,123)/t35-,36-,37+,38+,42-,43-,44-,45-,46-,47-,48-,49-,50-,51-,58-,59-,60-/m0/s1. The third-order valence-corrected chi connectivity index (χ3v) is 18.4. The van der Waals surface area contributed by atoms with Crippen LogP contribution < -0.4 is 96.5 Å². The first kappa shape index (κ1) is 107. The van der Waals surface area contributed by atoms with Gasteiger partial charge in [0.15, 0.2) is 0 Å². The molecule has 0 aromatic heterocycles. The third-order valence-electron chi connectivity index (χ3n) is 18.1. The van der Waals surface area contributed by atoms with Crippen molar-refractivity contribution in [1.29, 1.82) is 0 Å². The summed E-state index contributed by atoms with van der Waals surface area (Å²) >= 11 is 4.11. The van der Waals surface area contributed by atoms with Gasteiger partial charge >= 0.3 is 23.9 Å². The minimum Gasteiger partial charge on any atom is -0.508 e. The van der Waals surface area contributed by atoms with Gasteiger partial charge < -0.3 is 142 Å². The number of amides is 17. The molecule has 0 bridgehead atoms. The molecule has 688 valence electrons. The van der Waals surface area contributed by atoms with Crippen molar-refractivity contribution in [2.24, 2.45) is 23.3 Å². The van der Waals surface area contributed by atoms with Crippen LogP contribution in [0.15, 0.2) is 54.6 Å². The monoisotopic (exact) mass is 1780 g/mol. The van der Waals surface area contributed by atoms with Crippen LogP contribution in [0.25, 0.3) is 0 Å². The van der Waals surface area contributed by atoms with Gasteiger partial charge in [-0.05, 0) is 88.5 Å². The third kappa shape index (κ3) is 39.4. The smallest absolute Gasteiger partial charge is 0.325 e. The van der Waals surface area contributed by atoms with E-state index in [2.05, 4.69) is 97.7 Å². The van der Waals surface area contributed by atoms with E-state index in [-0.39, 0.29) is 30.6 Å². The molecular formula is C75H112N18O30S. The van der Waals surface area contributed by atoms with E-state index >= 15 is 0 Å². The highest BCUT2D eigenvalue weighted by Gasteiger charge is 2.40.